The molecule has 3 rings (SSSR count). The van der Waals surface area contributed by atoms with Crippen molar-refractivity contribution < 1.29 is 9.90 Å². The second-order valence-electron chi connectivity index (χ2n) is 5.21. The van der Waals surface area contributed by atoms with Crippen LogP contribution < -0.4 is 9.80 Å². The summed E-state index contributed by atoms with van der Waals surface area (Å²) in [4.78, 5) is 19.8. The molecule has 0 radical (unpaired) electrons. The minimum atomic E-state index is -0.950. The molecule has 1 aliphatic rings. The lowest BCUT2D eigenvalue weighted by molar-refractivity contribution is 0.0697. The van der Waals surface area contributed by atoms with Gasteiger partial charge in [0.25, 0.3) is 0 Å². The molecule has 0 atom stereocenters. The van der Waals surface area contributed by atoms with Gasteiger partial charge in [-0.2, -0.15) is 0 Å². The molecule has 21 heavy (non-hydrogen) atoms. The van der Waals surface area contributed by atoms with Crippen LogP contribution in [0.1, 0.15) is 16.1 Å². The van der Waals surface area contributed by atoms with Gasteiger partial charge < -0.3 is 14.9 Å². The van der Waals surface area contributed by atoms with Crippen molar-refractivity contribution >= 4 is 23.0 Å². The van der Waals surface area contributed by atoms with Crippen LogP contribution in [0.3, 0.4) is 0 Å². The maximum atomic E-state index is 11.5. The van der Waals surface area contributed by atoms with Crippen molar-refractivity contribution in [2.45, 2.75) is 6.92 Å². The lowest BCUT2D eigenvalue weighted by atomic mass is 10.1. The number of aromatic nitrogens is 1. The van der Waals surface area contributed by atoms with E-state index in [2.05, 4.69) is 20.9 Å². The third-order valence-electron chi connectivity index (χ3n) is 3.78. The van der Waals surface area contributed by atoms with Crippen molar-refractivity contribution in [2.75, 3.05) is 29.9 Å². The van der Waals surface area contributed by atoms with Gasteiger partial charge >= 0.3 is 5.97 Å². The van der Waals surface area contributed by atoms with Crippen molar-refractivity contribution in [1.29, 1.82) is 0 Å². The van der Waals surface area contributed by atoms with Crippen LogP contribution in [-0.4, -0.2) is 36.2 Å². The minimum Gasteiger partial charge on any atom is -0.478 e. The van der Waals surface area contributed by atoms with Crippen LogP contribution in [0.4, 0.5) is 17.1 Å². The number of rotatable bonds is 2. The zero-order valence-corrected chi connectivity index (χ0v) is 12.1. The monoisotopic (exact) mass is 283 g/mol. The number of pyridine rings is 1. The molecule has 1 aliphatic heterocycles. The Hall–Kier alpha value is -2.56. The van der Waals surface area contributed by atoms with Crippen LogP contribution in [0.25, 0.3) is 0 Å². The van der Waals surface area contributed by atoms with Crippen LogP contribution in [0.2, 0.25) is 0 Å². The zero-order chi connectivity index (χ0) is 15.0. The molecule has 2 aromatic rings. The van der Waals surface area contributed by atoms with Crippen molar-refractivity contribution in [3.63, 3.8) is 0 Å². The molecule has 108 valence electrons. The van der Waals surface area contributed by atoms with Gasteiger partial charge in [0, 0.05) is 32.0 Å². The third-order valence-corrected chi connectivity index (χ3v) is 3.78. The molecule has 2 heterocycles. The first kappa shape index (κ1) is 13.4. The fourth-order valence-electron chi connectivity index (χ4n) is 2.69. The van der Waals surface area contributed by atoms with Crippen molar-refractivity contribution in [3.05, 3.63) is 47.8 Å². The predicted molar refractivity (Wildman–Crippen MR) is 82.7 cm³/mol. The Balaban J connectivity index is 2.16. The van der Waals surface area contributed by atoms with E-state index in [0.717, 1.165) is 30.2 Å². The first-order chi connectivity index (χ1) is 10.1. The van der Waals surface area contributed by atoms with E-state index < -0.39 is 5.97 Å². The lowest BCUT2D eigenvalue weighted by Gasteiger charge is -2.37. The van der Waals surface area contributed by atoms with E-state index in [4.69, 9.17) is 0 Å². The second kappa shape index (κ2) is 5.09. The summed E-state index contributed by atoms with van der Waals surface area (Å²) >= 11 is 0. The van der Waals surface area contributed by atoms with Gasteiger partial charge in [-0.05, 0) is 25.1 Å². The molecule has 1 N–H and O–H groups in total. The van der Waals surface area contributed by atoms with Gasteiger partial charge in [-0.25, -0.2) is 4.79 Å². The molecule has 0 amide bonds. The van der Waals surface area contributed by atoms with Gasteiger partial charge in [0.15, 0.2) is 0 Å². The Morgan fingerprint density at radius 2 is 1.90 bits per heavy atom. The Morgan fingerprint density at radius 3 is 2.62 bits per heavy atom. The van der Waals surface area contributed by atoms with Crippen molar-refractivity contribution in [2.24, 2.45) is 0 Å². The van der Waals surface area contributed by atoms with Crippen LogP contribution in [0.5, 0.6) is 0 Å². The van der Waals surface area contributed by atoms with E-state index in [0.29, 0.717) is 5.69 Å². The number of anilines is 3. The number of carbonyl (C=O) groups is 1. The number of likely N-dealkylation sites (N-methyl/N-ethyl adjacent to an activating group) is 1. The number of carboxylic acids is 1. The number of aryl methyl sites for hydroxylation is 1. The number of hydrogen-bond donors (Lipinski definition) is 1. The largest absolute Gasteiger partial charge is 0.478 e. The number of para-hydroxylation sites is 2. The SMILES string of the molecule is Cc1cc(N2CCN(C)c3ccccc32)c(C(=O)O)cn1. The molecular formula is C16H17N3O2. The number of hydrogen-bond acceptors (Lipinski definition) is 4. The summed E-state index contributed by atoms with van der Waals surface area (Å²) in [7, 11) is 2.05. The molecule has 0 saturated heterocycles. The Kier molecular flexibility index (Phi) is 3.25. The van der Waals surface area contributed by atoms with Gasteiger partial charge in [0.2, 0.25) is 0 Å². The normalized spacial score (nSPS) is 14.0. The standard InChI is InChI=1S/C16H17N3O2/c1-11-9-15(12(10-17-11)16(20)21)19-8-7-18(2)13-5-3-4-6-14(13)19/h3-6,9-10H,7-8H2,1-2H3,(H,20,21). The number of nitrogens with zero attached hydrogens (tertiary/aromatic N) is 3. The van der Waals surface area contributed by atoms with Gasteiger partial charge in [0.05, 0.1) is 17.1 Å². The van der Waals surface area contributed by atoms with E-state index >= 15 is 0 Å². The van der Waals surface area contributed by atoms with Crippen LogP contribution in [-0.2, 0) is 0 Å². The number of benzene rings is 1. The molecule has 0 saturated carbocycles. The first-order valence-corrected chi connectivity index (χ1v) is 6.85. The summed E-state index contributed by atoms with van der Waals surface area (Å²) < 4.78 is 0. The summed E-state index contributed by atoms with van der Waals surface area (Å²) in [6.07, 6.45) is 1.44. The fraction of sp³-hybridized carbons (Fsp3) is 0.250. The molecule has 1 aromatic heterocycles. The number of fused-ring (bicyclic) bond motifs is 1. The Labute approximate surface area is 123 Å². The van der Waals surface area contributed by atoms with E-state index in [1.807, 2.05) is 38.2 Å². The first-order valence-electron chi connectivity index (χ1n) is 6.85. The van der Waals surface area contributed by atoms with Crippen LogP contribution >= 0.6 is 0 Å². The average Bonchev–Trinajstić information content (AvgIpc) is 2.47. The Morgan fingerprint density at radius 1 is 1.19 bits per heavy atom. The molecule has 0 bridgehead atoms. The predicted octanol–water partition coefficient (Wildman–Crippen LogP) is 2.68. The van der Waals surface area contributed by atoms with Gasteiger partial charge in [0.1, 0.15) is 5.56 Å². The highest BCUT2D eigenvalue weighted by Gasteiger charge is 2.24. The Bertz CT molecular complexity index is 700. The van der Waals surface area contributed by atoms with Gasteiger partial charge in [-0.15, -0.1) is 0 Å². The van der Waals surface area contributed by atoms with Gasteiger partial charge in [-0.3, -0.25) is 4.98 Å². The zero-order valence-electron chi connectivity index (χ0n) is 12.1. The highest BCUT2D eigenvalue weighted by atomic mass is 16.4. The van der Waals surface area contributed by atoms with E-state index in [1.54, 1.807) is 0 Å². The molecule has 5 nitrogen and oxygen atoms in total. The van der Waals surface area contributed by atoms with E-state index in [9.17, 15) is 9.90 Å². The summed E-state index contributed by atoms with van der Waals surface area (Å²) in [6.45, 7) is 3.46. The summed E-state index contributed by atoms with van der Waals surface area (Å²) in [5, 5.41) is 9.41. The smallest absolute Gasteiger partial charge is 0.339 e. The molecule has 1 aromatic carbocycles. The van der Waals surface area contributed by atoms with Crippen LogP contribution in [0, 0.1) is 6.92 Å². The second-order valence-corrected chi connectivity index (χ2v) is 5.21. The van der Waals surface area contributed by atoms with E-state index in [-0.39, 0.29) is 5.56 Å². The highest BCUT2D eigenvalue weighted by molar-refractivity contribution is 5.96. The topological polar surface area (TPSA) is 56.7 Å². The van der Waals surface area contributed by atoms with Crippen molar-refractivity contribution in [3.8, 4) is 0 Å². The maximum Gasteiger partial charge on any atom is 0.339 e. The quantitative estimate of drug-likeness (QED) is 0.918. The van der Waals surface area contributed by atoms with Crippen LogP contribution in [0.15, 0.2) is 36.5 Å². The molecular weight excluding hydrogens is 266 g/mol. The molecule has 0 unspecified atom stereocenters. The minimum absolute atomic E-state index is 0.236. The highest BCUT2D eigenvalue weighted by Crippen LogP contribution is 2.38. The molecule has 0 aliphatic carbocycles. The lowest BCUT2D eigenvalue weighted by Crippen LogP contribution is -2.37. The number of carboxylic acid groups (broad SMARTS) is 1. The van der Waals surface area contributed by atoms with Crippen molar-refractivity contribution in [1.82, 2.24) is 4.98 Å². The van der Waals surface area contributed by atoms with E-state index in [1.165, 1.54) is 6.20 Å². The number of aromatic carboxylic acids is 1. The molecule has 0 spiro atoms. The summed E-state index contributed by atoms with van der Waals surface area (Å²) in [5.74, 6) is -0.950. The third kappa shape index (κ3) is 2.31. The maximum absolute atomic E-state index is 11.5. The average molecular weight is 283 g/mol. The summed E-state index contributed by atoms with van der Waals surface area (Å²) in [6, 6.07) is 9.88. The van der Waals surface area contributed by atoms with Gasteiger partial charge in [-0.1, -0.05) is 12.1 Å². The fourth-order valence-corrected chi connectivity index (χ4v) is 2.69. The molecule has 0 fully saturated rings. The summed E-state index contributed by atoms with van der Waals surface area (Å²) in [5.41, 5.74) is 3.89. The molecule has 5 heteroatoms.